The van der Waals surface area contributed by atoms with Crippen molar-refractivity contribution in [2.75, 3.05) is 41.0 Å². The summed E-state index contributed by atoms with van der Waals surface area (Å²) in [6, 6.07) is -0.620. The summed E-state index contributed by atoms with van der Waals surface area (Å²) in [5, 5.41) is 9.63. The highest BCUT2D eigenvalue weighted by atomic mass is 16.6. The lowest BCUT2D eigenvalue weighted by Gasteiger charge is -2.31. The van der Waals surface area contributed by atoms with Gasteiger partial charge >= 0.3 is 17.9 Å². The maximum absolute atomic E-state index is 12.7. The van der Waals surface area contributed by atoms with Crippen LogP contribution in [-0.4, -0.2) is 80.6 Å². The van der Waals surface area contributed by atoms with Gasteiger partial charge in [0.15, 0.2) is 12.1 Å². The quantitative estimate of drug-likeness (QED) is 0.0214. The second-order valence-electron chi connectivity index (χ2n) is 17.7. The van der Waals surface area contributed by atoms with Crippen molar-refractivity contribution in [3.8, 4) is 0 Å². The number of carboxylic acid groups (broad SMARTS) is 1. The van der Waals surface area contributed by atoms with Gasteiger partial charge in [0.2, 0.25) is 0 Å². The zero-order valence-corrected chi connectivity index (χ0v) is 39.7. The van der Waals surface area contributed by atoms with Gasteiger partial charge in [-0.3, -0.25) is 9.59 Å². The summed E-state index contributed by atoms with van der Waals surface area (Å²) in [5.41, 5.74) is 0. The third kappa shape index (κ3) is 40.7. The lowest BCUT2D eigenvalue weighted by atomic mass is 10.0. The van der Waals surface area contributed by atoms with E-state index in [1.165, 1.54) is 116 Å². The molecule has 0 saturated heterocycles. The molecule has 2 unspecified atom stereocenters. The van der Waals surface area contributed by atoms with Crippen molar-refractivity contribution < 1.29 is 38.2 Å². The molecule has 0 heterocycles. The predicted octanol–water partition coefficient (Wildman–Crippen LogP) is 14.0. The van der Waals surface area contributed by atoms with Crippen LogP contribution < -0.4 is 0 Å². The molecule has 0 aliphatic carbocycles. The Kier molecular flexibility index (Phi) is 41.0. The van der Waals surface area contributed by atoms with E-state index < -0.39 is 18.1 Å². The second kappa shape index (κ2) is 43.0. The summed E-state index contributed by atoms with van der Waals surface area (Å²) in [6.07, 6.45) is 51.7. The summed E-state index contributed by atoms with van der Waals surface area (Å²) < 4.78 is 17.3. The fourth-order valence-corrected chi connectivity index (χ4v) is 7.20. The summed E-state index contributed by atoms with van der Waals surface area (Å²) >= 11 is 0. The Hall–Kier alpha value is -2.71. The number of quaternary nitrogens is 1. The largest absolute Gasteiger partial charge is 0.477 e. The summed E-state index contributed by atoms with van der Waals surface area (Å²) in [5.74, 6) is -1.50. The second-order valence-corrected chi connectivity index (χ2v) is 17.7. The van der Waals surface area contributed by atoms with Gasteiger partial charge in [0, 0.05) is 19.3 Å². The number of rotatable bonds is 44. The smallest absolute Gasteiger partial charge is 0.362 e. The van der Waals surface area contributed by atoms with Gasteiger partial charge in [-0.25, -0.2) is 4.79 Å². The zero-order valence-electron chi connectivity index (χ0n) is 39.7. The van der Waals surface area contributed by atoms with Crippen molar-refractivity contribution in [1.29, 1.82) is 0 Å². The molecular weight excluding hydrogens is 751 g/mol. The molecule has 0 aromatic carbocycles. The predicted molar refractivity (Wildman–Crippen MR) is 252 cm³/mol. The maximum Gasteiger partial charge on any atom is 0.362 e. The maximum atomic E-state index is 12.7. The molecule has 8 heteroatoms. The number of unbranched alkanes of at least 4 members (excludes halogenated alkanes) is 24. The average molecular weight is 845 g/mol. The highest BCUT2D eigenvalue weighted by Gasteiger charge is 2.31. The Morgan fingerprint density at radius 2 is 0.950 bits per heavy atom. The molecule has 0 amide bonds. The van der Waals surface area contributed by atoms with Gasteiger partial charge in [-0.1, -0.05) is 184 Å². The summed E-state index contributed by atoms with van der Waals surface area (Å²) in [4.78, 5) is 37.0. The molecule has 0 aromatic rings. The normalized spacial score (nSPS) is 13.3. The molecule has 8 nitrogen and oxygen atoms in total. The van der Waals surface area contributed by atoms with E-state index >= 15 is 0 Å². The molecule has 0 saturated carbocycles. The lowest BCUT2D eigenvalue weighted by Crippen LogP contribution is -2.50. The van der Waals surface area contributed by atoms with Crippen LogP contribution in [0.25, 0.3) is 0 Å². The van der Waals surface area contributed by atoms with E-state index in [0.29, 0.717) is 19.3 Å². The molecule has 0 aliphatic rings. The third-order valence-electron chi connectivity index (χ3n) is 11.0. The van der Waals surface area contributed by atoms with Gasteiger partial charge in [0.1, 0.15) is 6.61 Å². The minimum Gasteiger partial charge on any atom is -0.477 e. The number of aliphatic carboxylic acids is 1. The number of carbonyl (C=O) groups excluding carboxylic acids is 2. The van der Waals surface area contributed by atoms with Gasteiger partial charge in [0.05, 0.1) is 34.4 Å². The van der Waals surface area contributed by atoms with Crippen LogP contribution in [0.3, 0.4) is 0 Å². The Balaban J connectivity index is 4.21. The first-order chi connectivity index (χ1) is 29.1. The van der Waals surface area contributed by atoms with Crippen LogP contribution in [0.2, 0.25) is 0 Å². The molecule has 0 fully saturated rings. The number of allylic oxidation sites excluding steroid dienone is 8. The van der Waals surface area contributed by atoms with Crippen LogP contribution >= 0.6 is 0 Å². The van der Waals surface area contributed by atoms with E-state index in [0.717, 1.165) is 64.2 Å². The molecule has 0 aromatic heterocycles. The first kappa shape index (κ1) is 57.3. The molecule has 0 radical (unpaired) electrons. The molecule has 0 bridgehead atoms. The summed E-state index contributed by atoms with van der Waals surface area (Å²) in [6.45, 7) is 4.59. The third-order valence-corrected chi connectivity index (χ3v) is 11.0. The topological polar surface area (TPSA) is 99.1 Å². The van der Waals surface area contributed by atoms with Crippen LogP contribution in [0, 0.1) is 0 Å². The van der Waals surface area contributed by atoms with Crippen LogP contribution in [0.5, 0.6) is 0 Å². The van der Waals surface area contributed by atoms with Crippen molar-refractivity contribution >= 4 is 17.9 Å². The van der Waals surface area contributed by atoms with Gasteiger partial charge < -0.3 is 23.8 Å². The van der Waals surface area contributed by atoms with E-state index in [-0.39, 0.29) is 36.2 Å². The van der Waals surface area contributed by atoms with E-state index in [4.69, 9.17) is 14.2 Å². The summed E-state index contributed by atoms with van der Waals surface area (Å²) in [7, 11) is 5.52. The van der Waals surface area contributed by atoms with Crippen LogP contribution in [0.1, 0.15) is 213 Å². The number of esters is 2. The van der Waals surface area contributed by atoms with Gasteiger partial charge in [0.25, 0.3) is 0 Å². The molecule has 348 valence electrons. The van der Waals surface area contributed by atoms with Crippen LogP contribution in [-0.2, 0) is 28.6 Å². The molecule has 60 heavy (non-hydrogen) atoms. The average Bonchev–Trinajstić information content (AvgIpc) is 3.21. The first-order valence-electron chi connectivity index (χ1n) is 24.7. The van der Waals surface area contributed by atoms with Crippen molar-refractivity contribution in [3.63, 3.8) is 0 Å². The Morgan fingerprint density at radius 1 is 0.517 bits per heavy atom. The van der Waals surface area contributed by atoms with Crippen molar-refractivity contribution in [1.82, 2.24) is 0 Å². The molecule has 0 spiro atoms. The van der Waals surface area contributed by atoms with Crippen molar-refractivity contribution in [3.05, 3.63) is 48.6 Å². The van der Waals surface area contributed by atoms with Gasteiger partial charge in [-0.15, -0.1) is 0 Å². The van der Waals surface area contributed by atoms with Crippen molar-refractivity contribution in [2.45, 2.75) is 225 Å². The molecule has 0 rings (SSSR count). The molecular formula is C52H94NO7+. The number of likely N-dealkylation sites (N-methyl/N-ethyl adjacent to an activating group) is 1. The SMILES string of the molecule is CC/C=C/C=C/C=C/CCCCCCCC(=O)OC(COCCC(C(=O)O)[N+](C)(C)C)COC(=O)CCCCCCCCC/C=C/CCCCCCCCCCCCCC. The highest BCUT2D eigenvalue weighted by molar-refractivity contribution is 5.72. The highest BCUT2D eigenvalue weighted by Crippen LogP contribution is 2.15. The van der Waals surface area contributed by atoms with E-state index in [2.05, 4.69) is 56.4 Å². The zero-order chi connectivity index (χ0) is 44.2. The fourth-order valence-electron chi connectivity index (χ4n) is 7.20. The minimum atomic E-state index is -0.880. The number of carbonyl (C=O) groups is 3. The number of hydrogen-bond donors (Lipinski definition) is 1. The van der Waals surface area contributed by atoms with E-state index in [1.807, 2.05) is 27.2 Å². The van der Waals surface area contributed by atoms with E-state index in [9.17, 15) is 19.5 Å². The van der Waals surface area contributed by atoms with Gasteiger partial charge in [-0.05, 0) is 57.8 Å². The van der Waals surface area contributed by atoms with Crippen LogP contribution in [0.4, 0.5) is 0 Å². The van der Waals surface area contributed by atoms with Crippen molar-refractivity contribution in [2.24, 2.45) is 0 Å². The number of carboxylic acids is 1. The molecule has 2 atom stereocenters. The van der Waals surface area contributed by atoms with Gasteiger partial charge in [-0.2, -0.15) is 0 Å². The Labute approximate surface area is 369 Å². The molecule has 0 aliphatic heterocycles. The standard InChI is InChI=1S/C52H93NO7/c1-6-8-10-12-14-16-18-20-21-22-23-24-25-26-27-28-29-31-32-34-36-38-40-42-50(54)59-47-48(46-58-45-44-49(52(56)57)53(3,4)5)60-51(55)43-41-39-37-35-33-30-19-17-15-13-11-9-7-2/h9,11,13,15,17,19,26-27,48-49H,6-8,10,12,14,16,18,20-25,28-47H2,1-5H3/p+1/b11-9+,15-13+,19-17+,27-26+. The number of hydrogen-bond acceptors (Lipinski definition) is 6. The Bertz CT molecular complexity index is 1120. The van der Waals surface area contributed by atoms with E-state index in [1.54, 1.807) is 0 Å². The lowest BCUT2D eigenvalue weighted by molar-refractivity contribution is -0.887. The number of nitrogens with zero attached hydrogens (tertiary/aromatic N) is 1. The Morgan fingerprint density at radius 3 is 1.42 bits per heavy atom. The van der Waals surface area contributed by atoms with Crippen LogP contribution in [0.15, 0.2) is 48.6 Å². The fraction of sp³-hybridized carbons (Fsp3) is 0.788. The minimum absolute atomic E-state index is 0.0509. The monoisotopic (exact) mass is 845 g/mol. The number of ether oxygens (including phenoxy) is 3. The molecule has 1 N–H and O–H groups in total. The first-order valence-corrected chi connectivity index (χ1v) is 24.7.